The summed E-state index contributed by atoms with van der Waals surface area (Å²) in [7, 11) is 0. The molecule has 3 aliphatic carbocycles. The number of rotatable bonds is 1. The Bertz CT molecular complexity index is 2510. The third-order valence-electron chi connectivity index (χ3n) is 11.4. The molecule has 1 atom stereocenters. The fourth-order valence-corrected chi connectivity index (χ4v) is 9.08. The zero-order valence-electron chi connectivity index (χ0n) is 26.9. The summed E-state index contributed by atoms with van der Waals surface area (Å²) in [5, 5.41) is 2.55. The van der Waals surface area contributed by atoms with Crippen molar-refractivity contribution in [2.75, 3.05) is 0 Å². The molecule has 3 nitrogen and oxygen atoms in total. The van der Waals surface area contributed by atoms with E-state index in [1.165, 1.54) is 61.0 Å². The Morgan fingerprint density at radius 2 is 1.30 bits per heavy atom. The van der Waals surface area contributed by atoms with Gasteiger partial charge < -0.3 is 4.57 Å². The first-order valence-electron chi connectivity index (χ1n) is 16.6. The van der Waals surface area contributed by atoms with Crippen molar-refractivity contribution in [3.05, 3.63) is 142 Å². The highest BCUT2D eigenvalue weighted by Crippen LogP contribution is 2.56. The molecule has 0 saturated carbocycles. The van der Waals surface area contributed by atoms with Crippen molar-refractivity contribution in [3.63, 3.8) is 0 Å². The lowest BCUT2D eigenvalue weighted by atomic mass is 9.73. The van der Waals surface area contributed by atoms with E-state index in [9.17, 15) is 0 Å². The van der Waals surface area contributed by atoms with E-state index in [4.69, 9.17) is 9.97 Å². The number of allylic oxidation sites excluding steroid dienone is 1. The number of hydrogen-bond donors (Lipinski definition) is 0. The molecular weight excluding hydrogens is 558 g/mol. The van der Waals surface area contributed by atoms with E-state index in [0.29, 0.717) is 5.92 Å². The zero-order chi connectivity index (χ0) is 31.1. The predicted octanol–water partition coefficient (Wildman–Crippen LogP) is 10.6. The Hall–Kier alpha value is -5.02. The first-order chi connectivity index (χ1) is 22.2. The summed E-state index contributed by atoms with van der Waals surface area (Å²) in [6, 6.07) is 38.0. The van der Waals surface area contributed by atoms with Crippen molar-refractivity contribution < 1.29 is 0 Å². The molecule has 0 saturated heterocycles. The van der Waals surface area contributed by atoms with E-state index >= 15 is 0 Å². The van der Waals surface area contributed by atoms with E-state index in [-0.39, 0.29) is 10.8 Å². The van der Waals surface area contributed by atoms with Crippen LogP contribution in [0.15, 0.2) is 109 Å². The SMILES string of the molecule is CC1CC2=C(c3ccccc31)c1cc3c(nc1C2(C)C)c1nc2c(cc1n3-c1ccccc1)-c1c(ccc3ccccc13)C2(C)C. The molecule has 0 aliphatic heterocycles. The van der Waals surface area contributed by atoms with Crippen LogP contribution in [0.2, 0.25) is 0 Å². The molecule has 0 bridgehead atoms. The van der Waals surface area contributed by atoms with Crippen LogP contribution in [0.1, 0.15) is 80.6 Å². The van der Waals surface area contributed by atoms with Crippen LogP contribution in [0, 0.1) is 0 Å². The highest BCUT2D eigenvalue weighted by molar-refractivity contribution is 6.10. The van der Waals surface area contributed by atoms with E-state index in [2.05, 4.69) is 142 Å². The van der Waals surface area contributed by atoms with Crippen LogP contribution in [0.3, 0.4) is 0 Å². The molecule has 10 rings (SSSR count). The maximum absolute atomic E-state index is 5.65. The van der Waals surface area contributed by atoms with Gasteiger partial charge >= 0.3 is 0 Å². The van der Waals surface area contributed by atoms with Gasteiger partial charge in [-0.15, -0.1) is 0 Å². The third-order valence-corrected chi connectivity index (χ3v) is 11.4. The van der Waals surface area contributed by atoms with Crippen molar-refractivity contribution >= 4 is 38.4 Å². The summed E-state index contributed by atoms with van der Waals surface area (Å²) in [5.41, 5.74) is 18.2. The molecule has 3 aliphatic rings. The molecule has 1 unspecified atom stereocenters. The molecule has 3 heteroatoms. The van der Waals surface area contributed by atoms with Gasteiger partial charge in [-0.3, -0.25) is 0 Å². The monoisotopic (exact) mass is 593 g/mol. The van der Waals surface area contributed by atoms with Crippen LogP contribution in [0.4, 0.5) is 0 Å². The van der Waals surface area contributed by atoms with Crippen LogP contribution in [0.25, 0.3) is 55.2 Å². The van der Waals surface area contributed by atoms with Crippen LogP contribution in [-0.2, 0) is 10.8 Å². The zero-order valence-corrected chi connectivity index (χ0v) is 26.9. The number of para-hydroxylation sites is 1. The predicted molar refractivity (Wildman–Crippen MR) is 190 cm³/mol. The minimum atomic E-state index is -0.222. The molecule has 0 N–H and O–H groups in total. The second-order valence-electron chi connectivity index (χ2n) is 14.7. The van der Waals surface area contributed by atoms with E-state index in [1.807, 2.05) is 0 Å². The molecule has 0 amide bonds. The van der Waals surface area contributed by atoms with Gasteiger partial charge in [-0.05, 0) is 80.8 Å². The Morgan fingerprint density at radius 3 is 2.09 bits per heavy atom. The van der Waals surface area contributed by atoms with Crippen molar-refractivity contribution in [2.24, 2.45) is 0 Å². The van der Waals surface area contributed by atoms with Gasteiger partial charge in [0.05, 0.1) is 22.4 Å². The molecule has 46 heavy (non-hydrogen) atoms. The van der Waals surface area contributed by atoms with Crippen LogP contribution >= 0.6 is 0 Å². The Labute approximate surface area is 269 Å². The molecule has 222 valence electrons. The Morgan fingerprint density at radius 1 is 0.652 bits per heavy atom. The summed E-state index contributed by atoms with van der Waals surface area (Å²) < 4.78 is 2.41. The van der Waals surface area contributed by atoms with Crippen molar-refractivity contribution in [1.29, 1.82) is 0 Å². The molecule has 0 radical (unpaired) electrons. The molecule has 0 spiro atoms. The summed E-state index contributed by atoms with van der Waals surface area (Å²) in [6.07, 6.45) is 1.06. The smallest absolute Gasteiger partial charge is 0.115 e. The number of benzene rings is 4. The van der Waals surface area contributed by atoms with Gasteiger partial charge in [0.25, 0.3) is 0 Å². The number of pyridine rings is 2. The Kier molecular flexibility index (Phi) is 4.91. The van der Waals surface area contributed by atoms with Gasteiger partial charge in [-0.25, -0.2) is 9.97 Å². The molecule has 3 heterocycles. The number of nitrogens with zero attached hydrogens (tertiary/aromatic N) is 3. The summed E-state index contributed by atoms with van der Waals surface area (Å²) >= 11 is 0. The average molecular weight is 594 g/mol. The fraction of sp³-hybridized carbons (Fsp3) is 0.209. The molecule has 0 fully saturated rings. The van der Waals surface area contributed by atoms with Crippen molar-refractivity contribution in [3.8, 4) is 16.8 Å². The number of fused-ring (bicyclic) bond motifs is 12. The second kappa shape index (κ2) is 8.61. The van der Waals surface area contributed by atoms with Crippen molar-refractivity contribution in [2.45, 2.75) is 57.8 Å². The lowest BCUT2D eigenvalue weighted by Gasteiger charge is -2.30. The lowest BCUT2D eigenvalue weighted by molar-refractivity contribution is 0.563. The maximum atomic E-state index is 5.65. The van der Waals surface area contributed by atoms with Gasteiger partial charge in [0, 0.05) is 27.6 Å². The normalized spacial score (nSPS) is 18.5. The standard InChI is InChI=1S/C43H35N3/c1-24-21-33-37(29-18-12-11-16-27(24)29)31-23-35-39(45-41(31)43(33,4)5)38-34(46(35)26-14-7-6-8-15-26)22-30-36-28-17-10-9-13-25(28)19-20-32(36)42(2,3)40(30)44-38/h6-20,22-24H,21H2,1-5H3. The summed E-state index contributed by atoms with van der Waals surface area (Å²) in [5.74, 6) is 0.487. The van der Waals surface area contributed by atoms with E-state index < -0.39 is 0 Å². The topological polar surface area (TPSA) is 30.7 Å². The summed E-state index contributed by atoms with van der Waals surface area (Å²) in [4.78, 5) is 11.3. The van der Waals surface area contributed by atoms with Crippen LogP contribution in [-0.4, -0.2) is 14.5 Å². The average Bonchev–Trinajstić information content (AvgIpc) is 3.59. The van der Waals surface area contributed by atoms with Gasteiger partial charge in [-0.1, -0.05) is 113 Å². The molecule has 3 aromatic heterocycles. The number of hydrogen-bond acceptors (Lipinski definition) is 2. The highest BCUT2D eigenvalue weighted by Gasteiger charge is 2.44. The molecular formula is C43H35N3. The van der Waals surface area contributed by atoms with E-state index in [1.54, 1.807) is 0 Å². The summed E-state index contributed by atoms with van der Waals surface area (Å²) in [6.45, 7) is 11.8. The molecule has 7 aromatic rings. The Balaban J connectivity index is 1.33. The lowest BCUT2D eigenvalue weighted by Crippen LogP contribution is -2.21. The minimum absolute atomic E-state index is 0.160. The largest absolute Gasteiger partial charge is 0.306 e. The highest BCUT2D eigenvalue weighted by atomic mass is 15.0. The first kappa shape index (κ1) is 26.2. The van der Waals surface area contributed by atoms with Gasteiger partial charge in [0.15, 0.2) is 0 Å². The van der Waals surface area contributed by atoms with E-state index in [0.717, 1.165) is 39.9 Å². The minimum Gasteiger partial charge on any atom is -0.306 e. The quantitative estimate of drug-likeness (QED) is 0.190. The van der Waals surface area contributed by atoms with Crippen LogP contribution < -0.4 is 0 Å². The second-order valence-corrected chi connectivity index (χ2v) is 14.7. The van der Waals surface area contributed by atoms with Crippen LogP contribution in [0.5, 0.6) is 0 Å². The maximum Gasteiger partial charge on any atom is 0.115 e. The number of aromatic nitrogens is 3. The van der Waals surface area contributed by atoms with Gasteiger partial charge in [0.2, 0.25) is 0 Å². The van der Waals surface area contributed by atoms with Gasteiger partial charge in [-0.2, -0.15) is 0 Å². The third kappa shape index (κ3) is 3.13. The van der Waals surface area contributed by atoms with Gasteiger partial charge in [0.1, 0.15) is 11.0 Å². The fourth-order valence-electron chi connectivity index (χ4n) is 9.08. The molecule has 4 aromatic carbocycles. The first-order valence-corrected chi connectivity index (χ1v) is 16.6. The van der Waals surface area contributed by atoms with Crippen molar-refractivity contribution in [1.82, 2.24) is 14.5 Å².